The van der Waals surface area contributed by atoms with Crippen LogP contribution in [-0.2, 0) is 5.75 Å². The molecule has 7 nitrogen and oxygen atoms in total. The zero-order valence-electron chi connectivity index (χ0n) is 10.9. The van der Waals surface area contributed by atoms with Crippen LogP contribution in [0.3, 0.4) is 0 Å². The van der Waals surface area contributed by atoms with Crippen molar-refractivity contribution in [2.24, 2.45) is 0 Å². The van der Waals surface area contributed by atoms with Crippen molar-refractivity contribution in [1.82, 2.24) is 19.4 Å². The van der Waals surface area contributed by atoms with Crippen LogP contribution in [0.2, 0.25) is 0 Å². The molecule has 0 fully saturated rings. The van der Waals surface area contributed by atoms with E-state index in [-0.39, 0.29) is 5.56 Å². The molecule has 3 rings (SSSR count). The molecule has 0 unspecified atom stereocenters. The van der Waals surface area contributed by atoms with E-state index in [4.69, 9.17) is 11.5 Å². The Hall–Kier alpha value is -2.61. The fourth-order valence-corrected chi connectivity index (χ4v) is 2.61. The van der Waals surface area contributed by atoms with E-state index in [1.54, 1.807) is 18.3 Å². The molecule has 0 amide bonds. The molecule has 0 bridgehead atoms. The zero-order chi connectivity index (χ0) is 14.8. The van der Waals surface area contributed by atoms with Gasteiger partial charge in [-0.05, 0) is 12.1 Å². The summed E-state index contributed by atoms with van der Waals surface area (Å²) in [6, 6.07) is 8.39. The quantitative estimate of drug-likeness (QED) is 0.546. The van der Waals surface area contributed by atoms with Gasteiger partial charge in [0.2, 0.25) is 0 Å². The normalized spacial score (nSPS) is 10.9. The highest BCUT2D eigenvalue weighted by molar-refractivity contribution is 7.98. The second-order valence-corrected chi connectivity index (χ2v) is 5.25. The summed E-state index contributed by atoms with van der Waals surface area (Å²) in [5.74, 6) is 1.09. The van der Waals surface area contributed by atoms with Gasteiger partial charge in [0.05, 0.1) is 5.69 Å². The third-order valence-corrected chi connectivity index (χ3v) is 3.60. The number of hydrogen-bond donors (Lipinski definition) is 2. The number of nitrogens with two attached hydrogens (primary N) is 2. The smallest absolute Gasteiger partial charge is 0.258 e. The average Bonchev–Trinajstić information content (AvgIpc) is 2.44. The molecule has 0 saturated carbocycles. The predicted molar refractivity (Wildman–Crippen MR) is 81.9 cm³/mol. The van der Waals surface area contributed by atoms with Crippen molar-refractivity contribution in [2.75, 3.05) is 11.5 Å². The predicted octanol–water partition coefficient (Wildman–Crippen LogP) is 0.941. The molecular weight excluding hydrogens is 288 g/mol. The maximum Gasteiger partial charge on any atom is 0.258 e. The van der Waals surface area contributed by atoms with Crippen molar-refractivity contribution < 1.29 is 0 Å². The first-order valence-electron chi connectivity index (χ1n) is 6.12. The summed E-state index contributed by atoms with van der Waals surface area (Å²) in [5, 5.41) is 0.461. The van der Waals surface area contributed by atoms with Crippen LogP contribution in [0.25, 0.3) is 5.65 Å². The summed E-state index contributed by atoms with van der Waals surface area (Å²) in [6.45, 7) is 0. The number of nitrogens with zero attached hydrogens (tertiary/aromatic N) is 4. The minimum absolute atomic E-state index is 0.121. The van der Waals surface area contributed by atoms with Crippen molar-refractivity contribution in [3.8, 4) is 0 Å². The second kappa shape index (κ2) is 5.41. The van der Waals surface area contributed by atoms with E-state index in [1.807, 2.05) is 6.07 Å². The third kappa shape index (κ3) is 2.95. The minimum atomic E-state index is -0.121. The van der Waals surface area contributed by atoms with Crippen molar-refractivity contribution in [2.45, 2.75) is 10.9 Å². The number of pyridine rings is 1. The van der Waals surface area contributed by atoms with Gasteiger partial charge in [0, 0.05) is 24.1 Å². The SMILES string of the molecule is Nc1cc(N)nc(SCc2cc(=O)n3ccccc3n2)n1. The van der Waals surface area contributed by atoms with E-state index >= 15 is 0 Å². The highest BCUT2D eigenvalue weighted by Crippen LogP contribution is 2.20. The summed E-state index contributed by atoms with van der Waals surface area (Å²) >= 11 is 1.33. The number of rotatable bonds is 3. The lowest BCUT2D eigenvalue weighted by atomic mass is 10.4. The van der Waals surface area contributed by atoms with Crippen molar-refractivity contribution in [3.63, 3.8) is 0 Å². The molecule has 0 aliphatic rings. The lowest BCUT2D eigenvalue weighted by molar-refractivity contribution is 0.976. The van der Waals surface area contributed by atoms with Crippen LogP contribution < -0.4 is 17.0 Å². The number of thioether (sulfide) groups is 1. The topological polar surface area (TPSA) is 112 Å². The molecule has 0 radical (unpaired) electrons. The standard InChI is InChI=1S/C13H12N6OS/c14-9-6-10(15)18-13(17-9)21-7-8-5-12(20)19-4-2-1-3-11(19)16-8/h1-6H,7H2,(H4,14,15,17,18). The van der Waals surface area contributed by atoms with Gasteiger partial charge in [0.1, 0.15) is 17.3 Å². The van der Waals surface area contributed by atoms with Crippen LogP contribution in [0.5, 0.6) is 0 Å². The van der Waals surface area contributed by atoms with Gasteiger partial charge in [-0.25, -0.2) is 15.0 Å². The van der Waals surface area contributed by atoms with Gasteiger partial charge in [-0.15, -0.1) is 0 Å². The van der Waals surface area contributed by atoms with Gasteiger partial charge < -0.3 is 11.5 Å². The highest BCUT2D eigenvalue weighted by atomic mass is 32.2. The molecule has 3 aromatic rings. The summed E-state index contributed by atoms with van der Waals surface area (Å²) in [6.07, 6.45) is 1.68. The molecular formula is C13H12N6OS. The minimum Gasteiger partial charge on any atom is -0.383 e. The average molecular weight is 300 g/mol. The third-order valence-electron chi connectivity index (χ3n) is 2.72. The largest absolute Gasteiger partial charge is 0.383 e. The first kappa shape index (κ1) is 13.4. The summed E-state index contributed by atoms with van der Waals surface area (Å²) in [4.78, 5) is 24.5. The fourth-order valence-electron chi connectivity index (χ4n) is 1.84. The molecule has 0 aliphatic carbocycles. The van der Waals surface area contributed by atoms with Gasteiger partial charge in [0.25, 0.3) is 5.56 Å². The Labute approximate surface area is 124 Å². The Morgan fingerprint density at radius 1 is 1.10 bits per heavy atom. The molecule has 106 valence electrons. The van der Waals surface area contributed by atoms with Gasteiger partial charge >= 0.3 is 0 Å². The van der Waals surface area contributed by atoms with E-state index in [0.29, 0.717) is 33.9 Å². The zero-order valence-corrected chi connectivity index (χ0v) is 11.7. The lowest BCUT2D eigenvalue weighted by Gasteiger charge is -2.04. The molecule has 0 aromatic carbocycles. The number of fused-ring (bicyclic) bond motifs is 1. The summed E-state index contributed by atoms with van der Waals surface area (Å²) in [5.41, 5.74) is 12.4. The molecule has 8 heteroatoms. The van der Waals surface area contributed by atoms with Crippen LogP contribution in [-0.4, -0.2) is 19.4 Å². The van der Waals surface area contributed by atoms with Crippen molar-refractivity contribution in [1.29, 1.82) is 0 Å². The van der Waals surface area contributed by atoms with Crippen molar-refractivity contribution in [3.05, 3.63) is 52.6 Å². The van der Waals surface area contributed by atoms with Crippen LogP contribution in [0, 0.1) is 0 Å². The van der Waals surface area contributed by atoms with Crippen LogP contribution in [0.4, 0.5) is 11.6 Å². The summed E-state index contributed by atoms with van der Waals surface area (Å²) in [7, 11) is 0. The Morgan fingerprint density at radius 2 is 1.86 bits per heavy atom. The van der Waals surface area contributed by atoms with Gasteiger partial charge in [0.15, 0.2) is 5.16 Å². The van der Waals surface area contributed by atoms with Gasteiger partial charge in [-0.3, -0.25) is 9.20 Å². The first-order chi connectivity index (χ1) is 10.1. The van der Waals surface area contributed by atoms with Gasteiger partial charge in [-0.2, -0.15) is 0 Å². The monoisotopic (exact) mass is 300 g/mol. The molecule has 0 spiro atoms. The Balaban J connectivity index is 1.86. The van der Waals surface area contributed by atoms with E-state index < -0.39 is 0 Å². The molecule has 0 aliphatic heterocycles. The number of hydrogen-bond acceptors (Lipinski definition) is 7. The van der Waals surface area contributed by atoms with Gasteiger partial charge in [-0.1, -0.05) is 17.8 Å². The number of anilines is 2. The maximum atomic E-state index is 12.0. The maximum absolute atomic E-state index is 12.0. The summed E-state index contributed by atoms with van der Waals surface area (Å²) < 4.78 is 1.49. The number of aromatic nitrogens is 4. The van der Waals surface area contributed by atoms with E-state index in [0.717, 1.165) is 0 Å². The van der Waals surface area contributed by atoms with Crippen LogP contribution in [0.15, 0.2) is 46.5 Å². The molecule has 21 heavy (non-hydrogen) atoms. The van der Waals surface area contributed by atoms with Crippen molar-refractivity contribution >= 4 is 29.0 Å². The van der Waals surface area contributed by atoms with Crippen LogP contribution >= 0.6 is 11.8 Å². The first-order valence-corrected chi connectivity index (χ1v) is 7.10. The van der Waals surface area contributed by atoms with E-state index in [2.05, 4.69) is 15.0 Å². The lowest BCUT2D eigenvalue weighted by Crippen LogP contribution is -2.14. The van der Waals surface area contributed by atoms with E-state index in [1.165, 1.54) is 28.3 Å². The second-order valence-electron chi connectivity index (χ2n) is 4.30. The number of nitrogen functional groups attached to an aromatic ring is 2. The highest BCUT2D eigenvalue weighted by Gasteiger charge is 2.05. The Kier molecular flexibility index (Phi) is 3.44. The molecule has 3 heterocycles. The molecule has 4 N–H and O–H groups in total. The Morgan fingerprint density at radius 3 is 2.62 bits per heavy atom. The fraction of sp³-hybridized carbons (Fsp3) is 0.0769. The van der Waals surface area contributed by atoms with E-state index in [9.17, 15) is 4.79 Å². The molecule has 0 atom stereocenters. The molecule has 3 aromatic heterocycles. The molecule has 0 saturated heterocycles. The van der Waals surface area contributed by atoms with Crippen LogP contribution in [0.1, 0.15) is 5.69 Å². The Bertz CT molecular complexity index is 842.